The van der Waals surface area contributed by atoms with Crippen molar-refractivity contribution in [1.82, 2.24) is 15.1 Å². The molecule has 2 atom stereocenters. The highest BCUT2D eigenvalue weighted by Crippen LogP contribution is 2.22. The summed E-state index contributed by atoms with van der Waals surface area (Å²) >= 11 is 0. The van der Waals surface area contributed by atoms with Gasteiger partial charge in [0.1, 0.15) is 5.60 Å². The molecule has 0 radical (unpaired) electrons. The zero-order chi connectivity index (χ0) is 15.5. The van der Waals surface area contributed by atoms with Crippen LogP contribution in [-0.2, 0) is 4.74 Å². The third kappa shape index (κ3) is 4.58. The molecule has 2 saturated heterocycles. The number of nitrogens with zero attached hydrogens (tertiary/aromatic N) is 2. The zero-order valence-electron chi connectivity index (χ0n) is 14.0. The van der Waals surface area contributed by atoms with Gasteiger partial charge in [0.05, 0.1) is 0 Å². The summed E-state index contributed by atoms with van der Waals surface area (Å²) in [5.74, 6) is 0. The molecule has 5 nitrogen and oxygen atoms in total. The average Bonchev–Trinajstić information content (AvgIpc) is 2.80. The first-order valence-electron chi connectivity index (χ1n) is 8.36. The quantitative estimate of drug-likeness (QED) is 0.810. The SMILES string of the molecule is CCCCCC1NCN2CCN(C(=O)OC(C)(C)C)CC12. The van der Waals surface area contributed by atoms with Crippen molar-refractivity contribution < 1.29 is 9.53 Å². The predicted molar refractivity (Wildman–Crippen MR) is 84.2 cm³/mol. The molecule has 2 aliphatic rings. The monoisotopic (exact) mass is 297 g/mol. The Morgan fingerprint density at radius 1 is 1.29 bits per heavy atom. The molecule has 0 spiro atoms. The minimum atomic E-state index is -0.414. The third-order valence-electron chi connectivity index (χ3n) is 4.32. The van der Waals surface area contributed by atoms with Gasteiger partial charge in [-0.25, -0.2) is 4.79 Å². The molecule has 2 rings (SSSR count). The smallest absolute Gasteiger partial charge is 0.410 e. The first kappa shape index (κ1) is 16.6. The van der Waals surface area contributed by atoms with Crippen molar-refractivity contribution in [1.29, 1.82) is 0 Å². The fourth-order valence-corrected chi connectivity index (χ4v) is 3.20. The van der Waals surface area contributed by atoms with Crippen LogP contribution in [0.5, 0.6) is 0 Å². The van der Waals surface area contributed by atoms with Crippen LogP contribution in [0.1, 0.15) is 53.4 Å². The molecule has 0 saturated carbocycles. The van der Waals surface area contributed by atoms with E-state index in [2.05, 4.69) is 17.1 Å². The summed E-state index contributed by atoms with van der Waals surface area (Å²) in [5, 5.41) is 3.61. The molecule has 0 aromatic rings. The average molecular weight is 297 g/mol. The van der Waals surface area contributed by atoms with Crippen molar-refractivity contribution >= 4 is 6.09 Å². The summed E-state index contributed by atoms with van der Waals surface area (Å²) in [5.41, 5.74) is -0.414. The highest BCUT2D eigenvalue weighted by Gasteiger charge is 2.39. The Morgan fingerprint density at radius 3 is 2.71 bits per heavy atom. The number of carbonyl (C=O) groups is 1. The largest absolute Gasteiger partial charge is 0.444 e. The number of ether oxygens (including phenoxy) is 1. The van der Waals surface area contributed by atoms with Crippen LogP contribution in [0.3, 0.4) is 0 Å². The fraction of sp³-hybridized carbons (Fsp3) is 0.938. The summed E-state index contributed by atoms with van der Waals surface area (Å²) in [6.45, 7) is 11.5. The Morgan fingerprint density at radius 2 is 2.05 bits per heavy atom. The van der Waals surface area contributed by atoms with Gasteiger partial charge in [-0.05, 0) is 27.2 Å². The summed E-state index contributed by atoms with van der Waals surface area (Å²) in [6, 6.07) is 0.963. The van der Waals surface area contributed by atoms with E-state index in [0.29, 0.717) is 12.1 Å². The number of hydrogen-bond acceptors (Lipinski definition) is 4. The Hall–Kier alpha value is -0.810. The van der Waals surface area contributed by atoms with E-state index in [1.807, 2.05) is 25.7 Å². The van der Waals surface area contributed by atoms with Crippen molar-refractivity contribution in [3.8, 4) is 0 Å². The summed E-state index contributed by atoms with van der Waals surface area (Å²) in [4.78, 5) is 16.6. The van der Waals surface area contributed by atoms with Crippen LogP contribution in [0, 0.1) is 0 Å². The molecule has 5 heteroatoms. The van der Waals surface area contributed by atoms with E-state index >= 15 is 0 Å². The van der Waals surface area contributed by atoms with E-state index in [1.165, 1.54) is 25.7 Å². The standard InChI is InChI=1S/C16H31N3O2/c1-5-6-7-8-13-14-11-18(9-10-19(14)12-17-13)15(20)21-16(2,3)4/h13-14,17H,5-12H2,1-4H3. The molecular weight excluding hydrogens is 266 g/mol. The van der Waals surface area contributed by atoms with Crippen LogP contribution in [0.15, 0.2) is 0 Å². The van der Waals surface area contributed by atoms with Crippen LogP contribution in [0.25, 0.3) is 0 Å². The van der Waals surface area contributed by atoms with Crippen LogP contribution >= 0.6 is 0 Å². The molecule has 21 heavy (non-hydrogen) atoms. The van der Waals surface area contributed by atoms with Gasteiger partial charge >= 0.3 is 6.09 Å². The summed E-state index contributed by atoms with van der Waals surface area (Å²) in [6.07, 6.45) is 4.86. The van der Waals surface area contributed by atoms with Crippen molar-refractivity contribution in [3.05, 3.63) is 0 Å². The number of fused-ring (bicyclic) bond motifs is 1. The number of hydrogen-bond donors (Lipinski definition) is 1. The van der Waals surface area contributed by atoms with Crippen molar-refractivity contribution in [3.63, 3.8) is 0 Å². The highest BCUT2D eigenvalue weighted by molar-refractivity contribution is 5.68. The lowest BCUT2D eigenvalue weighted by molar-refractivity contribution is 0.00805. The maximum atomic E-state index is 12.2. The van der Waals surface area contributed by atoms with Gasteiger partial charge < -0.3 is 9.64 Å². The van der Waals surface area contributed by atoms with Crippen molar-refractivity contribution in [2.75, 3.05) is 26.3 Å². The highest BCUT2D eigenvalue weighted by atomic mass is 16.6. The number of amides is 1. The van der Waals surface area contributed by atoms with E-state index in [1.54, 1.807) is 0 Å². The Kier molecular flexibility index (Phi) is 5.49. The maximum absolute atomic E-state index is 12.2. The van der Waals surface area contributed by atoms with Crippen LogP contribution in [-0.4, -0.2) is 59.9 Å². The summed E-state index contributed by atoms with van der Waals surface area (Å²) < 4.78 is 5.51. The van der Waals surface area contributed by atoms with Crippen molar-refractivity contribution in [2.45, 2.75) is 71.1 Å². The molecule has 1 amide bonds. The Labute approximate surface area is 129 Å². The normalized spacial score (nSPS) is 26.8. The van der Waals surface area contributed by atoms with Gasteiger partial charge in [0.15, 0.2) is 0 Å². The van der Waals surface area contributed by atoms with Gasteiger partial charge in [0.2, 0.25) is 0 Å². The Balaban J connectivity index is 1.88. The predicted octanol–water partition coefficient (Wildman–Crippen LogP) is 2.42. The van der Waals surface area contributed by atoms with E-state index in [-0.39, 0.29) is 6.09 Å². The van der Waals surface area contributed by atoms with Gasteiger partial charge in [-0.15, -0.1) is 0 Å². The van der Waals surface area contributed by atoms with Crippen LogP contribution in [0.2, 0.25) is 0 Å². The van der Waals surface area contributed by atoms with E-state index in [4.69, 9.17) is 4.74 Å². The number of carbonyl (C=O) groups excluding carboxylic acids is 1. The number of unbranched alkanes of at least 4 members (excludes halogenated alkanes) is 2. The molecule has 2 heterocycles. The van der Waals surface area contributed by atoms with Gasteiger partial charge in [-0.2, -0.15) is 0 Å². The molecule has 0 aromatic heterocycles. The number of rotatable bonds is 4. The first-order valence-corrected chi connectivity index (χ1v) is 8.36. The molecular formula is C16H31N3O2. The zero-order valence-corrected chi connectivity index (χ0v) is 14.0. The maximum Gasteiger partial charge on any atom is 0.410 e. The lowest BCUT2D eigenvalue weighted by Crippen LogP contribution is -2.55. The lowest BCUT2D eigenvalue weighted by atomic mass is 10.00. The van der Waals surface area contributed by atoms with Crippen LogP contribution in [0.4, 0.5) is 4.79 Å². The minimum Gasteiger partial charge on any atom is -0.444 e. The van der Waals surface area contributed by atoms with Crippen LogP contribution < -0.4 is 5.32 Å². The van der Waals surface area contributed by atoms with Gasteiger partial charge in [-0.3, -0.25) is 10.2 Å². The Bertz CT molecular complexity index is 354. The number of piperazine rings is 1. The lowest BCUT2D eigenvalue weighted by Gasteiger charge is -2.39. The second kappa shape index (κ2) is 6.97. The molecule has 2 aliphatic heterocycles. The molecule has 122 valence electrons. The second-order valence-corrected chi connectivity index (χ2v) is 7.27. The summed E-state index contributed by atoms with van der Waals surface area (Å²) in [7, 11) is 0. The third-order valence-corrected chi connectivity index (χ3v) is 4.32. The van der Waals surface area contributed by atoms with Gasteiger partial charge in [0, 0.05) is 38.4 Å². The van der Waals surface area contributed by atoms with E-state index in [0.717, 1.165) is 26.3 Å². The minimum absolute atomic E-state index is 0.165. The van der Waals surface area contributed by atoms with E-state index < -0.39 is 5.60 Å². The molecule has 0 aliphatic carbocycles. The molecule has 2 unspecified atom stereocenters. The molecule has 2 fully saturated rings. The topological polar surface area (TPSA) is 44.8 Å². The number of nitrogens with one attached hydrogen (secondary N) is 1. The second-order valence-electron chi connectivity index (χ2n) is 7.27. The molecule has 0 bridgehead atoms. The first-order chi connectivity index (χ1) is 9.90. The van der Waals surface area contributed by atoms with Gasteiger partial charge in [-0.1, -0.05) is 26.2 Å². The molecule has 1 N–H and O–H groups in total. The molecule has 0 aromatic carbocycles. The van der Waals surface area contributed by atoms with Gasteiger partial charge in [0.25, 0.3) is 0 Å². The van der Waals surface area contributed by atoms with E-state index in [9.17, 15) is 4.79 Å². The van der Waals surface area contributed by atoms with Crippen molar-refractivity contribution in [2.24, 2.45) is 0 Å². The fourth-order valence-electron chi connectivity index (χ4n) is 3.20.